The zero-order chi connectivity index (χ0) is 13.8. The van der Waals surface area contributed by atoms with Gasteiger partial charge in [-0.1, -0.05) is 6.07 Å². The molecule has 0 saturated heterocycles. The van der Waals surface area contributed by atoms with Crippen LogP contribution >= 0.6 is 0 Å². The molecular formula is C15H20O4. The molecule has 4 heteroatoms. The lowest BCUT2D eigenvalue weighted by molar-refractivity contribution is -0.156. The Kier molecular flexibility index (Phi) is 4.56. The van der Waals surface area contributed by atoms with Gasteiger partial charge in [0.05, 0.1) is 13.0 Å². The summed E-state index contributed by atoms with van der Waals surface area (Å²) in [5.74, 6) is 0.542. The van der Waals surface area contributed by atoms with Crippen LogP contribution in [-0.2, 0) is 15.9 Å². The molecule has 1 aromatic carbocycles. The fraction of sp³-hybridized carbons (Fsp3) is 0.533. The van der Waals surface area contributed by atoms with E-state index in [4.69, 9.17) is 14.2 Å². The van der Waals surface area contributed by atoms with Crippen molar-refractivity contribution in [2.24, 2.45) is 5.92 Å². The van der Waals surface area contributed by atoms with E-state index in [1.165, 1.54) is 0 Å². The summed E-state index contributed by atoms with van der Waals surface area (Å²) in [5.41, 5.74) is 1.77. The largest absolute Gasteiger partial charge is 0.497 e. The maximum atomic E-state index is 12.4. The monoisotopic (exact) mass is 264 g/mol. The summed E-state index contributed by atoms with van der Waals surface area (Å²) in [6.45, 7) is 4.88. The molecule has 1 unspecified atom stereocenters. The molecule has 0 aromatic heterocycles. The van der Waals surface area contributed by atoms with E-state index in [2.05, 4.69) is 0 Å². The molecule has 1 aromatic rings. The summed E-state index contributed by atoms with van der Waals surface area (Å²) in [6, 6.07) is 5.62. The zero-order valence-corrected chi connectivity index (χ0v) is 11.6. The van der Waals surface area contributed by atoms with Crippen LogP contribution in [0.25, 0.3) is 0 Å². The van der Waals surface area contributed by atoms with Gasteiger partial charge in [0, 0.05) is 18.8 Å². The number of ether oxygens (including phenoxy) is 3. The van der Waals surface area contributed by atoms with Gasteiger partial charge in [-0.25, -0.2) is 0 Å². The lowest BCUT2D eigenvalue weighted by Crippen LogP contribution is -2.31. The van der Waals surface area contributed by atoms with Gasteiger partial charge in [-0.2, -0.15) is 0 Å². The minimum Gasteiger partial charge on any atom is -0.497 e. The minimum atomic E-state index is -0.458. The second-order valence-electron chi connectivity index (χ2n) is 4.48. The van der Waals surface area contributed by atoms with E-state index in [9.17, 15) is 4.79 Å². The lowest BCUT2D eigenvalue weighted by Gasteiger charge is -2.21. The quantitative estimate of drug-likeness (QED) is 0.740. The Bertz CT molecular complexity index is 449. The van der Waals surface area contributed by atoms with Gasteiger partial charge >= 0.3 is 0 Å². The molecule has 0 saturated carbocycles. The predicted octanol–water partition coefficient (Wildman–Crippen LogP) is 2.45. The molecule has 0 heterocycles. The van der Waals surface area contributed by atoms with E-state index in [1.807, 2.05) is 26.0 Å². The Morgan fingerprint density at radius 1 is 1.26 bits per heavy atom. The zero-order valence-electron chi connectivity index (χ0n) is 11.6. The first-order valence-electron chi connectivity index (χ1n) is 6.65. The van der Waals surface area contributed by atoms with Gasteiger partial charge in [-0.3, -0.25) is 4.79 Å². The smallest absolute Gasteiger partial charge is 0.171 e. The number of fused-ring (bicyclic) bond motifs is 1. The molecule has 19 heavy (non-hydrogen) atoms. The Morgan fingerprint density at radius 2 is 1.95 bits per heavy atom. The fourth-order valence-corrected chi connectivity index (χ4v) is 2.45. The van der Waals surface area contributed by atoms with E-state index in [0.717, 1.165) is 11.1 Å². The van der Waals surface area contributed by atoms with Crippen molar-refractivity contribution in [3.8, 4) is 5.75 Å². The van der Waals surface area contributed by atoms with Crippen LogP contribution in [0.5, 0.6) is 5.75 Å². The Balaban J connectivity index is 2.21. The Morgan fingerprint density at radius 3 is 2.53 bits per heavy atom. The molecule has 104 valence electrons. The highest BCUT2D eigenvalue weighted by Crippen LogP contribution is 2.32. The molecule has 0 amide bonds. The van der Waals surface area contributed by atoms with Gasteiger partial charge in [-0.05, 0) is 38.0 Å². The van der Waals surface area contributed by atoms with E-state index >= 15 is 0 Å². The summed E-state index contributed by atoms with van der Waals surface area (Å²) >= 11 is 0. The molecule has 0 aliphatic heterocycles. The van der Waals surface area contributed by atoms with Crippen molar-refractivity contribution < 1.29 is 19.0 Å². The maximum absolute atomic E-state index is 12.4. The third-order valence-electron chi connectivity index (χ3n) is 3.35. The van der Waals surface area contributed by atoms with Crippen LogP contribution in [0.1, 0.15) is 29.8 Å². The second kappa shape index (κ2) is 6.17. The van der Waals surface area contributed by atoms with Crippen LogP contribution < -0.4 is 4.74 Å². The van der Waals surface area contributed by atoms with Crippen molar-refractivity contribution >= 4 is 5.78 Å². The van der Waals surface area contributed by atoms with Crippen molar-refractivity contribution in [3.05, 3.63) is 29.3 Å². The molecule has 0 spiro atoms. The first-order valence-corrected chi connectivity index (χ1v) is 6.65. The second-order valence-corrected chi connectivity index (χ2v) is 4.48. The molecular weight excluding hydrogens is 244 g/mol. The van der Waals surface area contributed by atoms with Crippen molar-refractivity contribution in [3.63, 3.8) is 0 Å². The molecule has 0 N–H and O–H groups in total. The Hall–Kier alpha value is -1.39. The number of Topliss-reactive ketones (excluding diaryl/α,β-unsaturated/α-hetero) is 1. The van der Waals surface area contributed by atoms with Crippen LogP contribution in [0, 0.1) is 5.92 Å². The third kappa shape index (κ3) is 2.80. The van der Waals surface area contributed by atoms with E-state index in [1.54, 1.807) is 13.2 Å². The van der Waals surface area contributed by atoms with Crippen molar-refractivity contribution in [1.29, 1.82) is 0 Å². The highest BCUT2D eigenvalue weighted by molar-refractivity contribution is 6.02. The highest BCUT2D eigenvalue weighted by Gasteiger charge is 2.37. The molecule has 1 atom stereocenters. The number of carbonyl (C=O) groups excluding carboxylic acids is 1. The number of hydrogen-bond donors (Lipinski definition) is 0. The molecule has 0 radical (unpaired) electrons. The van der Waals surface area contributed by atoms with Crippen molar-refractivity contribution in [2.45, 2.75) is 26.6 Å². The molecule has 0 fully saturated rings. The first kappa shape index (κ1) is 14.0. The maximum Gasteiger partial charge on any atom is 0.171 e. The molecule has 4 nitrogen and oxygen atoms in total. The number of ketones is 1. The highest BCUT2D eigenvalue weighted by atomic mass is 16.7. The third-order valence-corrected chi connectivity index (χ3v) is 3.35. The SMILES string of the molecule is CCOC(OCC)C1Cc2ccc(OC)cc2C1=O. The standard InChI is InChI=1S/C15H20O4/c1-4-18-15(19-5-2)13-8-10-6-7-11(17-3)9-12(10)14(13)16/h6-7,9,13,15H,4-5,8H2,1-3H3. The number of rotatable bonds is 6. The summed E-state index contributed by atoms with van der Waals surface area (Å²) in [7, 11) is 1.60. The van der Waals surface area contributed by atoms with Gasteiger partial charge in [0.25, 0.3) is 0 Å². The summed E-state index contributed by atoms with van der Waals surface area (Å²) in [5, 5.41) is 0. The van der Waals surface area contributed by atoms with E-state index in [0.29, 0.717) is 25.4 Å². The summed E-state index contributed by atoms with van der Waals surface area (Å²) < 4.78 is 16.3. The van der Waals surface area contributed by atoms with Gasteiger partial charge < -0.3 is 14.2 Å². The number of hydrogen-bond acceptors (Lipinski definition) is 4. The van der Waals surface area contributed by atoms with E-state index in [-0.39, 0.29) is 11.7 Å². The van der Waals surface area contributed by atoms with Crippen molar-refractivity contribution in [2.75, 3.05) is 20.3 Å². The van der Waals surface area contributed by atoms with Gasteiger partial charge in [0.2, 0.25) is 0 Å². The molecule has 2 rings (SSSR count). The minimum absolute atomic E-state index is 0.0841. The van der Waals surface area contributed by atoms with Crippen LogP contribution in [0.4, 0.5) is 0 Å². The Labute approximate surface area is 113 Å². The van der Waals surface area contributed by atoms with Crippen LogP contribution in [-0.4, -0.2) is 32.4 Å². The lowest BCUT2D eigenvalue weighted by atomic mass is 10.0. The number of carbonyl (C=O) groups is 1. The van der Waals surface area contributed by atoms with Crippen LogP contribution in [0.15, 0.2) is 18.2 Å². The van der Waals surface area contributed by atoms with Gasteiger partial charge in [0.15, 0.2) is 12.1 Å². The molecule has 1 aliphatic rings. The fourth-order valence-electron chi connectivity index (χ4n) is 2.45. The molecule has 1 aliphatic carbocycles. The topological polar surface area (TPSA) is 44.8 Å². The number of benzene rings is 1. The normalized spacial score (nSPS) is 17.9. The molecule has 0 bridgehead atoms. The predicted molar refractivity (Wildman–Crippen MR) is 71.6 cm³/mol. The average Bonchev–Trinajstić information content (AvgIpc) is 2.75. The first-order chi connectivity index (χ1) is 9.21. The average molecular weight is 264 g/mol. The van der Waals surface area contributed by atoms with Gasteiger partial charge in [0.1, 0.15) is 5.75 Å². The van der Waals surface area contributed by atoms with Gasteiger partial charge in [-0.15, -0.1) is 0 Å². The summed E-state index contributed by atoms with van der Waals surface area (Å²) in [6.07, 6.45) is 0.212. The number of methoxy groups -OCH3 is 1. The summed E-state index contributed by atoms with van der Waals surface area (Å²) in [4.78, 5) is 12.4. The van der Waals surface area contributed by atoms with Crippen LogP contribution in [0.3, 0.4) is 0 Å². The van der Waals surface area contributed by atoms with Crippen molar-refractivity contribution in [1.82, 2.24) is 0 Å². The van der Waals surface area contributed by atoms with Crippen LogP contribution in [0.2, 0.25) is 0 Å². The van der Waals surface area contributed by atoms with E-state index < -0.39 is 6.29 Å².